The predicted octanol–water partition coefficient (Wildman–Crippen LogP) is 23.2. The molecule has 1 aromatic heterocycles. The van der Waals surface area contributed by atoms with Crippen molar-refractivity contribution in [2.24, 2.45) is 11.8 Å². The number of anilines is 13. The highest BCUT2D eigenvalue weighted by molar-refractivity contribution is 7.03. The van der Waals surface area contributed by atoms with Crippen molar-refractivity contribution >= 4 is 120 Å². The van der Waals surface area contributed by atoms with E-state index < -0.39 is 0 Å². The molecule has 4 fully saturated rings. The lowest BCUT2D eigenvalue weighted by Gasteiger charge is -2.50. The zero-order valence-corrected chi connectivity index (χ0v) is 64.2. The summed E-state index contributed by atoms with van der Waals surface area (Å²) in [6.07, 6.45) is 20.2. The average molecular weight is 1470 g/mol. The van der Waals surface area contributed by atoms with Crippen molar-refractivity contribution in [3.8, 4) is 66.8 Å². The SMILES string of the molecule is c1ccc(-c2cccc(-c3ccccc3)c2N2c3ccccc3B3c4cc5c(cc4N(c4ccccc4)c4c[n+](C6C7CCCC6CCC7)cc2c43)N(c2c(-c3ccccc3)cccc2-c2ccccc2)c2cc(N3C4CCCC3CCC4)cc3c2B5c2ccccc2N3c2c(-c3ccccc3)cccc2-c2ccccc2)cc1. The van der Waals surface area contributed by atoms with Gasteiger partial charge in [-0.15, -0.1) is 0 Å². The van der Waals surface area contributed by atoms with Gasteiger partial charge in [0, 0.05) is 103 Å². The van der Waals surface area contributed by atoms with Crippen LogP contribution in [0, 0.1) is 11.8 Å². The molecule has 0 unspecified atom stereocenters. The van der Waals surface area contributed by atoms with E-state index in [4.69, 9.17) is 0 Å². The summed E-state index contributed by atoms with van der Waals surface area (Å²) in [4.78, 5) is 14.0. The lowest BCUT2D eigenvalue weighted by Crippen LogP contribution is -2.66. The Balaban J connectivity index is 0.871. The summed E-state index contributed by atoms with van der Waals surface area (Å²) in [7, 11) is 0. The topological polar surface area (TPSA) is 20.1 Å². The zero-order chi connectivity index (χ0) is 74.9. The highest BCUT2D eigenvalue weighted by Gasteiger charge is 2.53. The minimum atomic E-state index is -0.224. The number of hydrogen-bond acceptors (Lipinski definition) is 5. The van der Waals surface area contributed by atoms with Gasteiger partial charge in [0.1, 0.15) is 11.4 Å². The van der Waals surface area contributed by atoms with Gasteiger partial charge in [0.2, 0.25) is 0 Å². The molecule has 0 radical (unpaired) electrons. The third kappa shape index (κ3) is 10.7. The Bertz CT molecular complexity index is 6000. The van der Waals surface area contributed by atoms with Crippen molar-refractivity contribution in [1.29, 1.82) is 0 Å². The summed E-state index contributed by atoms with van der Waals surface area (Å²) in [6.45, 7) is -0.418. The van der Waals surface area contributed by atoms with Gasteiger partial charge in [-0.1, -0.05) is 310 Å². The standard InChI is InChI=1S/C106H87B2N6/c1-8-33-71(34-9-1)83-55-30-56-84(72-35-10-2-11-36-72)104(83)112-93-63-24-22-61-89(93)107-92-67-91-95(68-96(92)114(98-66-82(65-97(112)101(98)107)110-79-51-28-52-80(110)54-29-53-79)106-87(75-41-16-5-17-42-75)59-32-60-88(106)76-43-18-6-19-44-76)111(81-49-20-7-21-50-81)99-69-109(103-77-45-26-46-78(103)48-27-47-77)70-100-102(99)108(91)90-62-23-25-64-94(90)113(100)105-85(73-37-12-3-13-38-73)57-31-58-86(105)74-39-14-4-15-40-74/h1-25,30-44,49-50,55-70,77-80,103H,26-29,45-48,51-54H2/q+1. The Morgan fingerprint density at radius 2 is 0.544 bits per heavy atom. The second-order valence-electron chi connectivity index (χ2n) is 33.2. The number of nitrogens with zero attached hydrogens (tertiary/aromatic N) is 6. The molecule has 8 heteroatoms. The molecule has 15 aromatic rings. The molecule has 0 atom stereocenters. The molecule has 2 saturated heterocycles. The van der Waals surface area contributed by atoms with Crippen molar-refractivity contribution in [3.63, 3.8) is 0 Å². The van der Waals surface area contributed by atoms with Crippen LogP contribution in [0.1, 0.15) is 83.1 Å². The maximum Gasteiger partial charge on any atom is 0.252 e. The van der Waals surface area contributed by atoms with E-state index in [1.165, 1.54) is 245 Å². The first-order chi connectivity index (χ1) is 56.6. The summed E-state index contributed by atoms with van der Waals surface area (Å²) in [5, 5.41) is 0. The minimum Gasteiger partial charge on any atom is -0.365 e. The summed E-state index contributed by atoms with van der Waals surface area (Å²) in [5.74, 6) is 1.17. The average Bonchev–Trinajstić information content (AvgIpc) is 0.678. The van der Waals surface area contributed by atoms with Crippen LogP contribution < -0.4 is 61.8 Å². The molecule has 2 aliphatic carbocycles. The molecular formula is C106H87B2N6+. The van der Waals surface area contributed by atoms with Crippen LogP contribution in [0.5, 0.6) is 0 Å². The number of piperidine rings is 2. The number of pyridine rings is 1. The molecule has 6 aliphatic heterocycles. The largest absolute Gasteiger partial charge is 0.365 e. The van der Waals surface area contributed by atoms with Crippen molar-refractivity contribution in [3.05, 3.63) is 352 Å². The van der Waals surface area contributed by atoms with Crippen LogP contribution in [-0.4, -0.2) is 25.5 Å². The Morgan fingerprint density at radius 1 is 0.237 bits per heavy atom. The van der Waals surface area contributed by atoms with Crippen LogP contribution in [0.25, 0.3) is 66.8 Å². The highest BCUT2D eigenvalue weighted by atomic mass is 15.3. The number of aromatic nitrogens is 1. The Morgan fingerprint density at radius 3 is 0.930 bits per heavy atom. The summed E-state index contributed by atoms with van der Waals surface area (Å²) in [5.41, 5.74) is 37.8. The van der Waals surface area contributed by atoms with E-state index in [2.05, 4.69) is 381 Å². The number of fused-ring (bicyclic) bond motifs is 12. The van der Waals surface area contributed by atoms with Crippen molar-refractivity contribution in [1.82, 2.24) is 0 Å². The fourth-order valence-corrected chi connectivity index (χ4v) is 22.6. The quantitative estimate of drug-likeness (QED) is 0.0895. The van der Waals surface area contributed by atoms with E-state index in [1.54, 1.807) is 0 Å². The molecule has 14 aromatic carbocycles. The van der Waals surface area contributed by atoms with E-state index in [9.17, 15) is 0 Å². The van der Waals surface area contributed by atoms with Crippen molar-refractivity contribution in [2.75, 3.05) is 24.5 Å². The fraction of sp³-hybridized carbons (Fsp3) is 0.160. The van der Waals surface area contributed by atoms with Gasteiger partial charge in [-0.3, -0.25) is 0 Å². The number of benzene rings is 14. The molecule has 7 heterocycles. The normalized spacial score (nSPS) is 18.6. The predicted molar refractivity (Wildman–Crippen MR) is 479 cm³/mol. The van der Waals surface area contributed by atoms with Crippen LogP contribution in [0.2, 0.25) is 0 Å². The zero-order valence-electron chi connectivity index (χ0n) is 64.2. The van der Waals surface area contributed by atoms with Crippen LogP contribution in [0.4, 0.5) is 73.9 Å². The maximum absolute atomic E-state index is 2.94. The minimum absolute atomic E-state index is 0.194. The Kier molecular flexibility index (Phi) is 16.3. The van der Waals surface area contributed by atoms with Gasteiger partial charge < -0.3 is 24.5 Å². The van der Waals surface area contributed by atoms with Gasteiger partial charge in [0.05, 0.1) is 17.1 Å². The lowest BCUT2D eigenvalue weighted by molar-refractivity contribution is -0.740. The Labute approximate surface area is 670 Å². The molecule has 8 aliphatic rings. The van der Waals surface area contributed by atoms with Crippen LogP contribution in [-0.2, 0) is 0 Å². The third-order valence-electron chi connectivity index (χ3n) is 27.2. The summed E-state index contributed by atoms with van der Waals surface area (Å²) >= 11 is 0. The molecule has 2 saturated carbocycles. The van der Waals surface area contributed by atoms with Gasteiger partial charge in [0.25, 0.3) is 13.4 Å². The van der Waals surface area contributed by atoms with E-state index in [-0.39, 0.29) is 13.4 Å². The molecule has 114 heavy (non-hydrogen) atoms. The molecule has 6 nitrogen and oxygen atoms in total. The van der Waals surface area contributed by atoms with Gasteiger partial charge >= 0.3 is 0 Å². The molecule has 0 spiro atoms. The first-order valence-electron chi connectivity index (χ1n) is 42.0. The monoisotopic (exact) mass is 1470 g/mol. The van der Waals surface area contributed by atoms with E-state index in [1.807, 2.05) is 0 Å². The van der Waals surface area contributed by atoms with Gasteiger partial charge in [-0.05, 0) is 173 Å². The van der Waals surface area contributed by atoms with Gasteiger partial charge in [-0.25, -0.2) is 0 Å². The molecular weight excluding hydrogens is 1380 g/mol. The second kappa shape index (κ2) is 27.6. The molecule has 546 valence electrons. The number of hydrogen-bond donors (Lipinski definition) is 0. The summed E-state index contributed by atoms with van der Waals surface area (Å²) < 4.78 is 2.79. The number of para-hydroxylation sites is 6. The van der Waals surface area contributed by atoms with Gasteiger partial charge in [0.15, 0.2) is 18.4 Å². The van der Waals surface area contributed by atoms with Gasteiger partial charge in [-0.2, -0.15) is 4.57 Å². The molecule has 0 N–H and O–H groups in total. The smallest absolute Gasteiger partial charge is 0.252 e. The highest BCUT2D eigenvalue weighted by Crippen LogP contribution is 2.58. The van der Waals surface area contributed by atoms with Crippen molar-refractivity contribution < 1.29 is 4.57 Å². The second-order valence-corrected chi connectivity index (χ2v) is 33.2. The third-order valence-corrected chi connectivity index (χ3v) is 27.2. The maximum atomic E-state index is 2.94. The Hall–Kier alpha value is -12.6. The van der Waals surface area contributed by atoms with Crippen LogP contribution in [0.3, 0.4) is 0 Å². The first kappa shape index (κ1) is 67.1. The summed E-state index contributed by atoms with van der Waals surface area (Å²) in [6, 6.07) is 131. The molecule has 0 amide bonds. The van der Waals surface area contributed by atoms with Crippen LogP contribution >= 0.6 is 0 Å². The van der Waals surface area contributed by atoms with Crippen molar-refractivity contribution in [2.45, 2.75) is 95.2 Å². The van der Waals surface area contributed by atoms with E-state index in [0.717, 1.165) is 5.69 Å². The van der Waals surface area contributed by atoms with E-state index >= 15 is 0 Å². The molecule has 23 rings (SSSR count). The van der Waals surface area contributed by atoms with E-state index in [0.29, 0.717) is 30.0 Å². The molecule has 4 bridgehead atoms. The van der Waals surface area contributed by atoms with Crippen LogP contribution in [0.15, 0.2) is 352 Å². The number of rotatable bonds is 12. The lowest BCUT2D eigenvalue weighted by atomic mass is 9.30. The first-order valence-corrected chi connectivity index (χ1v) is 42.0. The fourth-order valence-electron chi connectivity index (χ4n) is 22.6.